The number of aromatic carboxylic acids is 1. The first-order valence-corrected chi connectivity index (χ1v) is 5.64. The second kappa shape index (κ2) is 4.57. The van der Waals surface area contributed by atoms with Gasteiger partial charge in [0.05, 0.1) is 0 Å². The molecule has 2 heterocycles. The fraction of sp³-hybridized carbons (Fsp3) is 0.545. The lowest BCUT2D eigenvalue weighted by Gasteiger charge is -2.22. The molecule has 2 rings (SSSR count). The lowest BCUT2D eigenvalue weighted by Crippen LogP contribution is -2.35. The number of likely N-dealkylation sites (tertiary alicyclic amines) is 1. The Morgan fingerprint density at radius 1 is 1.65 bits per heavy atom. The average Bonchev–Trinajstić information content (AvgIpc) is 2.96. The fourth-order valence-corrected chi connectivity index (χ4v) is 2.15. The number of carboxylic acids is 1. The summed E-state index contributed by atoms with van der Waals surface area (Å²) in [5.74, 6) is -1.77. The third-order valence-corrected chi connectivity index (χ3v) is 3.05. The van der Waals surface area contributed by atoms with Gasteiger partial charge in [0.15, 0.2) is 5.69 Å². The summed E-state index contributed by atoms with van der Waals surface area (Å²) in [5, 5.41) is 12.2. The van der Waals surface area contributed by atoms with Gasteiger partial charge < -0.3 is 14.5 Å². The van der Waals surface area contributed by atoms with Crippen LogP contribution in [0.15, 0.2) is 10.6 Å². The van der Waals surface area contributed by atoms with Crippen molar-refractivity contribution in [1.82, 2.24) is 10.1 Å². The van der Waals surface area contributed by atoms with Gasteiger partial charge in [-0.1, -0.05) is 12.1 Å². The van der Waals surface area contributed by atoms with Gasteiger partial charge in [0.25, 0.3) is 5.91 Å². The van der Waals surface area contributed by atoms with E-state index < -0.39 is 5.97 Å². The highest BCUT2D eigenvalue weighted by Crippen LogP contribution is 2.22. The summed E-state index contributed by atoms with van der Waals surface area (Å²) < 4.78 is 4.58. The van der Waals surface area contributed by atoms with Gasteiger partial charge in [-0.15, -0.1) is 0 Å². The van der Waals surface area contributed by atoms with E-state index in [0.717, 1.165) is 19.3 Å². The van der Waals surface area contributed by atoms with Crippen molar-refractivity contribution in [2.75, 3.05) is 6.54 Å². The van der Waals surface area contributed by atoms with E-state index in [9.17, 15) is 9.59 Å². The Labute approximate surface area is 98.2 Å². The molecule has 1 aromatic heterocycles. The predicted molar refractivity (Wildman–Crippen MR) is 57.8 cm³/mol. The highest BCUT2D eigenvalue weighted by atomic mass is 16.5. The van der Waals surface area contributed by atoms with Crippen LogP contribution in [0.5, 0.6) is 0 Å². The molecular weight excluding hydrogens is 224 g/mol. The van der Waals surface area contributed by atoms with Crippen LogP contribution in [0.1, 0.15) is 47.2 Å². The quantitative estimate of drug-likeness (QED) is 0.860. The normalized spacial score (nSPS) is 19.6. The monoisotopic (exact) mass is 238 g/mol. The molecule has 0 radical (unpaired) electrons. The first-order valence-electron chi connectivity index (χ1n) is 5.64. The molecule has 1 N–H and O–H groups in total. The first-order chi connectivity index (χ1) is 8.13. The van der Waals surface area contributed by atoms with Crippen LogP contribution < -0.4 is 0 Å². The molecule has 1 saturated heterocycles. The zero-order valence-electron chi connectivity index (χ0n) is 9.55. The van der Waals surface area contributed by atoms with E-state index in [-0.39, 0.29) is 23.4 Å². The molecule has 1 unspecified atom stereocenters. The molecule has 6 nitrogen and oxygen atoms in total. The third-order valence-electron chi connectivity index (χ3n) is 3.05. The van der Waals surface area contributed by atoms with Crippen LogP contribution in [0.4, 0.5) is 0 Å². The topological polar surface area (TPSA) is 83.6 Å². The summed E-state index contributed by atoms with van der Waals surface area (Å²) in [6.07, 6.45) is 2.87. The SMILES string of the molecule is CCC1CCCN1C(=O)c1cc(C(=O)O)on1. The molecule has 1 aliphatic rings. The van der Waals surface area contributed by atoms with Crippen LogP contribution in [0.2, 0.25) is 0 Å². The van der Waals surface area contributed by atoms with Crippen molar-refractivity contribution in [2.24, 2.45) is 0 Å². The number of aromatic nitrogens is 1. The standard InChI is InChI=1S/C11H14N2O4/c1-2-7-4-3-5-13(7)10(14)8-6-9(11(15)16)17-12-8/h6-7H,2-5H2,1H3,(H,15,16). The lowest BCUT2D eigenvalue weighted by atomic mass is 10.1. The maximum Gasteiger partial charge on any atom is 0.374 e. The number of carbonyl (C=O) groups is 2. The molecule has 6 heteroatoms. The molecule has 1 amide bonds. The maximum absolute atomic E-state index is 12.1. The number of rotatable bonds is 3. The van der Waals surface area contributed by atoms with E-state index in [1.165, 1.54) is 6.07 Å². The summed E-state index contributed by atoms with van der Waals surface area (Å²) in [5.41, 5.74) is 0.0720. The number of carbonyl (C=O) groups excluding carboxylic acids is 1. The number of nitrogens with zero attached hydrogens (tertiary/aromatic N) is 2. The molecule has 1 fully saturated rings. The van der Waals surface area contributed by atoms with Gasteiger partial charge in [-0.2, -0.15) is 0 Å². The van der Waals surface area contributed by atoms with E-state index in [1.54, 1.807) is 4.90 Å². The molecule has 1 atom stereocenters. The van der Waals surface area contributed by atoms with Crippen LogP contribution >= 0.6 is 0 Å². The van der Waals surface area contributed by atoms with Gasteiger partial charge in [0, 0.05) is 18.7 Å². The maximum atomic E-state index is 12.1. The molecule has 0 aromatic carbocycles. The van der Waals surface area contributed by atoms with Gasteiger partial charge in [0.2, 0.25) is 5.76 Å². The Balaban J connectivity index is 2.16. The molecule has 1 aliphatic heterocycles. The van der Waals surface area contributed by atoms with Crippen molar-refractivity contribution in [3.8, 4) is 0 Å². The van der Waals surface area contributed by atoms with Gasteiger partial charge >= 0.3 is 5.97 Å². The van der Waals surface area contributed by atoms with Crippen molar-refractivity contribution in [2.45, 2.75) is 32.2 Å². The van der Waals surface area contributed by atoms with Gasteiger partial charge in [-0.25, -0.2) is 4.79 Å². The molecule has 92 valence electrons. The van der Waals surface area contributed by atoms with Gasteiger partial charge in [-0.3, -0.25) is 4.79 Å². The van der Waals surface area contributed by atoms with Gasteiger partial charge in [-0.05, 0) is 19.3 Å². The Hall–Kier alpha value is -1.85. The Morgan fingerprint density at radius 3 is 3.00 bits per heavy atom. The van der Waals surface area contributed by atoms with Crippen LogP contribution in [-0.2, 0) is 0 Å². The minimum Gasteiger partial charge on any atom is -0.475 e. The summed E-state index contributed by atoms with van der Waals surface area (Å²) in [7, 11) is 0. The molecule has 0 spiro atoms. The number of carboxylic acid groups (broad SMARTS) is 1. The van der Waals surface area contributed by atoms with Crippen LogP contribution in [0, 0.1) is 0 Å². The van der Waals surface area contributed by atoms with E-state index in [0.29, 0.717) is 6.54 Å². The first kappa shape index (κ1) is 11.6. The van der Waals surface area contributed by atoms with Crippen molar-refractivity contribution in [3.63, 3.8) is 0 Å². The molecular formula is C11H14N2O4. The Bertz CT molecular complexity index is 440. The predicted octanol–water partition coefficient (Wildman–Crippen LogP) is 1.39. The smallest absolute Gasteiger partial charge is 0.374 e. The van der Waals surface area contributed by atoms with Crippen LogP contribution in [0.3, 0.4) is 0 Å². The number of hydrogen-bond acceptors (Lipinski definition) is 4. The van der Waals surface area contributed by atoms with Gasteiger partial charge in [0.1, 0.15) is 0 Å². The Morgan fingerprint density at radius 2 is 2.41 bits per heavy atom. The van der Waals surface area contributed by atoms with E-state index in [1.807, 2.05) is 6.92 Å². The average molecular weight is 238 g/mol. The summed E-state index contributed by atoms with van der Waals surface area (Å²) in [6, 6.07) is 1.41. The largest absolute Gasteiger partial charge is 0.475 e. The van der Waals surface area contributed by atoms with Crippen molar-refractivity contribution < 1.29 is 19.2 Å². The second-order valence-corrected chi connectivity index (χ2v) is 4.08. The zero-order valence-corrected chi connectivity index (χ0v) is 9.55. The number of amides is 1. The summed E-state index contributed by atoms with van der Waals surface area (Å²) in [4.78, 5) is 24.4. The minimum absolute atomic E-state index is 0.0720. The summed E-state index contributed by atoms with van der Waals surface area (Å²) >= 11 is 0. The van der Waals surface area contributed by atoms with Crippen molar-refractivity contribution >= 4 is 11.9 Å². The molecule has 0 bridgehead atoms. The van der Waals surface area contributed by atoms with Crippen molar-refractivity contribution in [1.29, 1.82) is 0 Å². The molecule has 1 aromatic rings. The minimum atomic E-state index is -1.22. The fourth-order valence-electron chi connectivity index (χ4n) is 2.15. The van der Waals surface area contributed by atoms with Crippen LogP contribution in [-0.4, -0.2) is 39.6 Å². The Kier molecular flexibility index (Phi) is 3.12. The highest BCUT2D eigenvalue weighted by Gasteiger charge is 2.30. The van der Waals surface area contributed by atoms with Crippen LogP contribution in [0.25, 0.3) is 0 Å². The highest BCUT2D eigenvalue weighted by molar-refractivity contribution is 5.95. The molecule has 17 heavy (non-hydrogen) atoms. The third kappa shape index (κ3) is 2.15. The lowest BCUT2D eigenvalue weighted by molar-refractivity contribution is 0.0647. The molecule has 0 aliphatic carbocycles. The summed E-state index contributed by atoms with van der Waals surface area (Å²) in [6.45, 7) is 2.73. The number of hydrogen-bond donors (Lipinski definition) is 1. The zero-order chi connectivity index (χ0) is 12.4. The van der Waals surface area contributed by atoms with E-state index >= 15 is 0 Å². The molecule has 0 saturated carbocycles. The van der Waals surface area contributed by atoms with Crippen molar-refractivity contribution in [3.05, 3.63) is 17.5 Å². The van der Waals surface area contributed by atoms with E-state index in [2.05, 4.69) is 9.68 Å². The van der Waals surface area contributed by atoms with E-state index in [4.69, 9.17) is 5.11 Å². The second-order valence-electron chi connectivity index (χ2n) is 4.08.